The molecule has 202 valence electrons. The van der Waals surface area contributed by atoms with Crippen LogP contribution in [0, 0.1) is 0 Å². The van der Waals surface area contributed by atoms with Gasteiger partial charge in [0.1, 0.15) is 17.3 Å². The molecule has 0 radical (unpaired) electrons. The second-order valence-corrected chi connectivity index (χ2v) is 8.70. The number of H-pyrrole nitrogens is 1. The summed E-state index contributed by atoms with van der Waals surface area (Å²) in [4.78, 5) is 35.9. The largest absolute Gasteiger partial charge is 0.573 e. The zero-order chi connectivity index (χ0) is 27.8. The number of halogens is 3. The average molecular weight is 535 g/mol. The fourth-order valence-electron chi connectivity index (χ4n) is 3.73. The molecule has 1 unspecified atom stereocenters. The number of pyridine rings is 1. The van der Waals surface area contributed by atoms with Gasteiger partial charge in [-0.2, -0.15) is 0 Å². The monoisotopic (exact) mass is 535 g/mol. The summed E-state index contributed by atoms with van der Waals surface area (Å²) < 4.78 is 55.4. The lowest BCUT2D eigenvalue weighted by Crippen LogP contribution is -2.33. The second kappa shape index (κ2) is 10.2. The zero-order valence-electron chi connectivity index (χ0n) is 20.7. The van der Waals surface area contributed by atoms with E-state index < -0.39 is 29.5 Å². The Labute approximate surface area is 213 Å². The lowest BCUT2D eigenvalue weighted by molar-refractivity contribution is -0.274. The van der Waals surface area contributed by atoms with Gasteiger partial charge in [-0.3, -0.25) is 14.3 Å². The van der Waals surface area contributed by atoms with Crippen LogP contribution in [-0.2, 0) is 13.6 Å². The lowest BCUT2D eigenvalue weighted by atomic mass is 10.2. The second-order valence-electron chi connectivity index (χ2n) is 8.70. The Balaban J connectivity index is 1.74. The molecule has 11 nitrogen and oxygen atoms in total. The highest BCUT2D eigenvalue weighted by Crippen LogP contribution is 2.35. The van der Waals surface area contributed by atoms with Gasteiger partial charge in [-0.25, -0.2) is 14.8 Å². The van der Waals surface area contributed by atoms with E-state index in [9.17, 15) is 27.9 Å². The number of aryl methyl sites for hydroxylation is 1. The van der Waals surface area contributed by atoms with E-state index in [2.05, 4.69) is 19.7 Å². The van der Waals surface area contributed by atoms with E-state index in [0.717, 1.165) is 12.1 Å². The van der Waals surface area contributed by atoms with Crippen LogP contribution >= 0.6 is 0 Å². The van der Waals surface area contributed by atoms with Gasteiger partial charge in [0.25, 0.3) is 11.4 Å². The maximum absolute atomic E-state index is 12.5. The number of aromatic nitrogens is 5. The summed E-state index contributed by atoms with van der Waals surface area (Å²) in [6, 6.07) is 6.35. The Morgan fingerprint density at radius 1 is 1.11 bits per heavy atom. The minimum Gasteiger partial charge on any atom is -0.485 e. The molecule has 14 heteroatoms. The Kier molecular flexibility index (Phi) is 7.18. The van der Waals surface area contributed by atoms with E-state index in [1.54, 1.807) is 27.0 Å². The highest BCUT2D eigenvalue weighted by Gasteiger charge is 2.31. The highest BCUT2D eigenvalue weighted by molar-refractivity contribution is 5.77. The normalized spacial score (nSPS) is 12.7. The van der Waals surface area contributed by atoms with Crippen molar-refractivity contribution in [2.24, 2.45) is 7.05 Å². The standard InChI is InChI=1S/C24H24F3N5O6/c1-12(2)36-17-9-14(10-28-22(17)37-15-5-7-16(8-6-15)38-24(25,26)27)19-29-20-18(31(19)4)21(34)30-23(35)32(20)11-13(3)33/h5-10,12-13,33H,11H2,1-4H3,(H,30,34,35). The third-order valence-electron chi connectivity index (χ3n) is 5.17. The molecule has 0 saturated carbocycles. The van der Waals surface area contributed by atoms with Crippen molar-refractivity contribution in [3.63, 3.8) is 0 Å². The van der Waals surface area contributed by atoms with E-state index >= 15 is 0 Å². The molecule has 0 amide bonds. The number of aliphatic hydroxyl groups is 1. The molecule has 4 rings (SSSR count). The van der Waals surface area contributed by atoms with Crippen molar-refractivity contribution < 1.29 is 32.5 Å². The van der Waals surface area contributed by atoms with Crippen LogP contribution in [0.4, 0.5) is 13.2 Å². The minimum atomic E-state index is -4.82. The van der Waals surface area contributed by atoms with Crippen LogP contribution in [0.1, 0.15) is 20.8 Å². The summed E-state index contributed by atoms with van der Waals surface area (Å²) >= 11 is 0. The minimum absolute atomic E-state index is 0.0366. The Hall–Kier alpha value is -4.33. The SMILES string of the molecule is CC(O)Cn1c(=O)[nH]c(=O)c2c1nc(-c1cnc(Oc3ccc(OC(F)(F)F)cc3)c(OC(C)C)c1)n2C. The lowest BCUT2D eigenvalue weighted by Gasteiger charge is -2.15. The summed E-state index contributed by atoms with van der Waals surface area (Å²) in [5.41, 5.74) is -0.711. The summed E-state index contributed by atoms with van der Waals surface area (Å²) in [6.07, 6.45) is -4.57. The van der Waals surface area contributed by atoms with E-state index in [1.807, 2.05) is 0 Å². The molecule has 3 heterocycles. The number of imidazole rings is 1. The molecule has 3 aromatic heterocycles. The first-order chi connectivity index (χ1) is 17.8. The predicted octanol–water partition coefficient (Wildman–Crippen LogP) is 3.34. The molecule has 4 aromatic rings. The van der Waals surface area contributed by atoms with Gasteiger partial charge in [-0.05, 0) is 51.1 Å². The Morgan fingerprint density at radius 3 is 2.37 bits per heavy atom. The van der Waals surface area contributed by atoms with Crippen LogP contribution in [0.3, 0.4) is 0 Å². The molecule has 2 N–H and O–H groups in total. The number of ether oxygens (including phenoxy) is 3. The van der Waals surface area contributed by atoms with Gasteiger partial charge in [0.05, 0.1) is 18.8 Å². The maximum atomic E-state index is 12.5. The van der Waals surface area contributed by atoms with Gasteiger partial charge in [-0.15, -0.1) is 13.2 Å². The van der Waals surface area contributed by atoms with Crippen LogP contribution in [0.15, 0.2) is 46.1 Å². The molecule has 1 atom stereocenters. The molecule has 1 aromatic carbocycles. The first-order valence-corrected chi connectivity index (χ1v) is 11.4. The topological polar surface area (TPSA) is 133 Å². The first kappa shape index (κ1) is 26.7. The third-order valence-corrected chi connectivity index (χ3v) is 5.17. The van der Waals surface area contributed by atoms with E-state index in [0.29, 0.717) is 5.56 Å². The van der Waals surface area contributed by atoms with Gasteiger partial charge in [0.15, 0.2) is 16.9 Å². The summed E-state index contributed by atoms with van der Waals surface area (Å²) in [5.74, 6) is 0.310. The smallest absolute Gasteiger partial charge is 0.485 e. The highest BCUT2D eigenvalue weighted by atomic mass is 19.4. The predicted molar refractivity (Wildman–Crippen MR) is 129 cm³/mol. The molecule has 0 fully saturated rings. The van der Waals surface area contributed by atoms with Crippen LogP contribution in [0.25, 0.3) is 22.6 Å². The fourth-order valence-corrected chi connectivity index (χ4v) is 3.73. The van der Waals surface area contributed by atoms with Crippen LogP contribution in [0.5, 0.6) is 23.1 Å². The number of alkyl halides is 3. The van der Waals surface area contributed by atoms with E-state index in [1.165, 1.54) is 34.4 Å². The van der Waals surface area contributed by atoms with Crippen LogP contribution in [-0.4, -0.2) is 47.8 Å². The van der Waals surface area contributed by atoms with Crippen molar-refractivity contribution in [2.45, 2.75) is 45.9 Å². The van der Waals surface area contributed by atoms with Gasteiger partial charge in [0, 0.05) is 18.8 Å². The number of hydrogen-bond acceptors (Lipinski definition) is 8. The fraction of sp³-hybridized carbons (Fsp3) is 0.333. The number of aromatic amines is 1. The zero-order valence-corrected chi connectivity index (χ0v) is 20.7. The molecule has 0 aliphatic heterocycles. The van der Waals surface area contributed by atoms with Crippen molar-refractivity contribution in [3.05, 3.63) is 57.4 Å². The molecule has 0 aliphatic rings. The molecular formula is C24H24F3N5O6. The van der Waals surface area contributed by atoms with Gasteiger partial charge in [0.2, 0.25) is 0 Å². The molecule has 0 bridgehead atoms. The Morgan fingerprint density at radius 2 is 1.76 bits per heavy atom. The van der Waals surface area contributed by atoms with Crippen molar-refractivity contribution in [1.82, 2.24) is 24.1 Å². The van der Waals surface area contributed by atoms with Crippen molar-refractivity contribution >= 4 is 11.2 Å². The van der Waals surface area contributed by atoms with Gasteiger partial charge in [-0.1, -0.05) is 0 Å². The molecule has 0 spiro atoms. The number of benzene rings is 1. The third kappa shape index (κ3) is 5.80. The van der Waals surface area contributed by atoms with E-state index in [4.69, 9.17) is 9.47 Å². The molecule has 0 saturated heterocycles. The number of fused-ring (bicyclic) bond motifs is 1. The van der Waals surface area contributed by atoms with Crippen molar-refractivity contribution in [3.8, 4) is 34.5 Å². The number of rotatable bonds is 8. The first-order valence-electron chi connectivity index (χ1n) is 11.4. The maximum Gasteiger partial charge on any atom is 0.573 e. The number of aliphatic hydroxyl groups excluding tert-OH is 1. The molecule has 38 heavy (non-hydrogen) atoms. The Bertz CT molecular complexity index is 1570. The van der Waals surface area contributed by atoms with Crippen LogP contribution < -0.4 is 25.5 Å². The van der Waals surface area contributed by atoms with Crippen molar-refractivity contribution in [1.29, 1.82) is 0 Å². The summed E-state index contributed by atoms with van der Waals surface area (Å²) in [7, 11) is 1.59. The number of nitrogens with one attached hydrogen (secondary N) is 1. The van der Waals surface area contributed by atoms with Gasteiger partial charge >= 0.3 is 12.1 Å². The average Bonchev–Trinajstić information content (AvgIpc) is 3.15. The molecule has 0 aliphatic carbocycles. The number of nitrogens with zero attached hydrogens (tertiary/aromatic N) is 4. The van der Waals surface area contributed by atoms with Crippen molar-refractivity contribution in [2.75, 3.05) is 0 Å². The number of hydrogen-bond donors (Lipinski definition) is 2. The quantitative estimate of drug-likeness (QED) is 0.351. The summed E-state index contributed by atoms with van der Waals surface area (Å²) in [6.45, 7) is 4.98. The van der Waals surface area contributed by atoms with Crippen LogP contribution in [0.2, 0.25) is 0 Å². The van der Waals surface area contributed by atoms with E-state index in [-0.39, 0.29) is 47.0 Å². The summed E-state index contributed by atoms with van der Waals surface area (Å²) in [5, 5.41) is 9.81. The molecular weight excluding hydrogens is 511 g/mol. The van der Waals surface area contributed by atoms with Gasteiger partial charge < -0.3 is 23.9 Å².